The summed E-state index contributed by atoms with van der Waals surface area (Å²) in [6, 6.07) is 5.65. The number of halogens is 3. The number of rotatable bonds is 10. The van der Waals surface area contributed by atoms with Crippen molar-refractivity contribution in [1.82, 2.24) is 20.6 Å². The number of nitrogens with zero attached hydrogens (tertiary/aromatic N) is 3. The molecule has 1 aromatic carbocycles. The van der Waals surface area contributed by atoms with Crippen molar-refractivity contribution in [3.8, 4) is 5.75 Å². The van der Waals surface area contributed by atoms with E-state index in [-0.39, 0.29) is 59.2 Å². The molecule has 11 nitrogen and oxygen atoms in total. The van der Waals surface area contributed by atoms with Crippen LogP contribution in [0, 0.1) is 16.0 Å². The molecule has 0 unspecified atom stereocenters. The molecule has 206 valence electrons. The van der Waals surface area contributed by atoms with E-state index in [9.17, 15) is 28.1 Å². The molecule has 14 heteroatoms. The Hall–Kier alpha value is -3.68. The molecule has 1 aliphatic carbocycles. The Kier molecular flexibility index (Phi) is 8.81. The predicted molar refractivity (Wildman–Crippen MR) is 133 cm³/mol. The zero-order valence-corrected chi connectivity index (χ0v) is 20.6. The van der Waals surface area contributed by atoms with Crippen LogP contribution in [0.2, 0.25) is 0 Å². The van der Waals surface area contributed by atoms with Gasteiger partial charge in [-0.25, -0.2) is 4.98 Å². The molecule has 0 spiro atoms. The fraction of sp³-hybridized carbons (Fsp3) is 0.542. The summed E-state index contributed by atoms with van der Waals surface area (Å²) >= 11 is 0. The number of ether oxygens (including phenoxy) is 1. The molecule has 1 saturated heterocycles. The van der Waals surface area contributed by atoms with Crippen molar-refractivity contribution < 1.29 is 27.6 Å². The smallest absolute Gasteiger partial charge is 0.405 e. The Labute approximate surface area is 217 Å². The van der Waals surface area contributed by atoms with Crippen LogP contribution in [0.15, 0.2) is 30.5 Å². The number of benzene rings is 1. The lowest BCUT2D eigenvalue weighted by atomic mass is 9.86. The number of nitro groups is 1. The highest BCUT2D eigenvalue weighted by Gasteiger charge is 2.32. The molecule has 2 aliphatic rings. The second-order valence-electron chi connectivity index (χ2n) is 9.45. The minimum atomic E-state index is -4.84. The van der Waals surface area contributed by atoms with E-state index in [0.29, 0.717) is 6.54 Å². The second kappa shape index (κ2) is 12.2. The molecule has 38 heavy (non-hydrogen) atoms. The molecule has 4 N–H and O–H groups in total. The van der Waals surface area contributed by atoms with Gasteiger partial charge >= 0.3 is 12.0 Å². The first-order chi connectivity index (χ1) is 18.2. The van der Waals surface area contributed by atoms with Gasteiger partial charge in [0.25, 0.3) is 0 Å². The molecule has 1 amide bonds. The van der Waals surface area contributed by atoms with Crippen LogP contribution in [-0.4, -0.2) is 52.3 Å². The molecular formula is C24H30F3N7O4. The number of carbonyl (C=O) groups excluding carboxylic acids is 1. The molecule has 1 atom stereocenters. The third-order valence-corrected chi connectivity index (χ3v) is 6.73. The number of amides is 1. The van der Waals surface area contributed by atoms with E-state index in [2.05, 4.69) is 36.0 Å². The van der Waals surface area contributed by atoms with Crippen LogP contribution in [0.4, 0.5) is 30.6 Å². The van der Waals surface area contributed by atoms with Crippen LogP contribution < -0.4 is 26.0 Å². The van der Waals surface area contributed by atoms with Crippen LogP contribution >= 0.6 is 0 Å². The SMILES string of the molecule is O=C(NC1CCC(CNc2nc(NCc3ccccc3OC(F)(F)F)ncc2[N+](=O)[O-])CC1)[C@H]1CCCN1. The van der Waals surface area contributed by atoms with E-state index in [1.54, 1.807) is 6.07 Å². The van der Waals surface area contributed by atoms with E-state index in [1.165, 1.54) is 18.2 Å². The Bertz CT molecular complexity index is 1120. The van der Waals surface area contributed by atoms with Gasteiger partial charge in [0.05, 0.1) is 11.0 Å². The first kappa shape index (κ1) is 27.4. The van der Waals surface area contributed by atoms with Gasteiger partial charge in [0.1, 0.15) is 11.9 Å². The summed E-state index contributed by atoms with van der Waals surface area (Å²) in [5.41, 5.74) is -0.0878. The summed E-state index contributed by atoms with van der Waals surface area (Å²) in [7, 11) is 0. The number of hydrogen-bond donors (Lipinski definition) is 4. The van der Waals surface area contributed by atoms with Gasteiger partial charge in [0.2, 0.25) is 17.7 Å². The van der Waals surface area contributed by atoms with Crippen LogP contribution in [0.1, 0.15) is 44.1 Å². The molecule has 0 radical (unpaired) electrons. The average molecular weight is 538 g/mol. The summed E-state index contributed by atoms with van der Waals surface area (Å²) in [5.74, 6) is -0.0283. The highest BCUT2D eigenvalue weighted by Crippen LogP contribution is 2.29. The Morgan fingerprint density at radius 1 is 1.16 bits per heavy atom. The topological polar surface area (TPSA) is 143 Å². The third-order valence-electron chi connectivity index (χ3n) is 6.73. The normalized spacial score (nSPS) is 21.5. The van der Waals surface area contributed by atoms with Crippen LogP contribution in [0.5, 0.6) is 5.75 Å². The van der Waals surface area contributed by atoms with Crippen molar-refractivity contribution in [2.45, 2.75) is 63.5 Å². The highest BCUT2D eigenvalue weighted by molar-refractivity contribution is 5.82. The number of carbonyl (C=O) groups is 1. The van der Waals surface area contributed by atoms with Crippen molar-refractivity contribution in [3.05, 3.63) is 46.1 Å². The first-order valence-electron chi connectivity index (χ1n) is 12.5. The molecule has 2 aromatic rings. The molecule has 2 heterocycles. The number of aromatic nitrogens is 2. The van der Waals surface area contributed by atoms with Crippen molar-refractivity contribution in [2.24, 2.45) is 5.92 Å². The Morgan fingerprint density at radius 3 is 2.61 bits per heavy atom. The van der Waals surface area contributed by atoms with Crippen molar-refractivity contribution in [1.29, 1.82) is 0 Å². The maximum Gasteiger partial charge on any atom is 0.573 e. The minimum Gasteiger partial charge on any atom is -0.405 e. The standard InChI is InChI=1S/C24H30F3N7O4/c25-24(26,27)38-20-6-2-1-4-16(20)13-30-23-31-14-19(34(36)37)21(33-23)29-12-15-7-9-17(10-8-15)32-22(35)18-5-3-11-28-18/h1-2,4,6,14-15,17-18,28H,3,5,7-13H2,(H,32,35)(H2,29,30,31,33)/t15?,17?,18-/m1/s1. The summed E-state index contributed by atoms with van der Waals surface area (Å²) in [4.78, 5) is 31.4. The monoisotopic (exact) mass is 537 g/mol. The molecule has 4 rings (SSSR count). The van der Waals surface area contributed by atoms with Gasteiger partial charge in [0, 0.05) is 24.7 Å². The molecule has 1 aromatic heterocycles. The number of anilines is 2. The van der Waals surface area contributed by atoms with E-state index in [4.69, 9.17) is 0 Å². The first-order valence-corrected chi connectivity index (χ1v) is 12.5. The largest absolute Gasteiger partial charge is 0.573 e. The van der Waals surface area contributed by atoms with E-state index in [0.717, 1.165) is 51.3 Å². The van der Waals surface area contributed by atoms with E-state index < -0.39 is 11.3 Å². The van der Waals surface area contributed by atoms with Crippen LogP contribution in [0.3, 0.4) is 0 Å². The fourth-order valence-electron chi connectivity index (χ4n) is 4.73. The lowest BCUT2D eigenvalue weighted by Gasteiger charge is -2.30. The number of hydrogen-bond acceptors (Lipinski definition) is 9. The zero-order chi connectivity index (χ0) is 27.1. The molecule has 2 fully saturated rings. The number of alkyl halides is 3. The summed E-state index contributed by atoms with van der Waals surface area (Å²) in [6.45, 7) is 1.22. The van der Waals surface area contributed by atoms with Gasteiger partial charge in [-0.3, -0.25) is 14.9 Å². The lowest BCUT2D eigenvalue weighted by molar-refractivity contribution is -0.384. The number of nitrogens with one attached hydrogen (secondary N) is 4. The van der Waals surface area contributed by atoms with Gasteiger partial charge < -0.3 is 26.0 Å². The van der Waals surface area contributed by atoms with E-state index >= 15 is 0 Å². The van der Waals surface area contributed by atoms with Crippen LogP contribution in [-0.2, 0) is 11.3 Å². The molecule has 1 saturated carbocycles. The van der Waals surface area contributed by atoms with Gasteiger partial charge in [-0.1, -0.05) is 18.2 Å². The Balaban J connectivity index is 1.31. The minimum absolute atomic E-state index is 0.0202. The molecule has 1 aliphatic heterocycles. The maximum absolute atomic E-state index is 12.7. The zero-order valence-electron chi connectivity index (χ0n) is 20.6. The van der Waals surface area contributed by atoms with Gasteiger partial charge in [0.15, 0.2) is 0 Å². The fourth-order valence-corrected chi connectivity index (χ4v) is 4.73. The summed E-state index contributed by atoms with van der Waals surface area (Å²) in [6.07, 6.45) is 1.40. The quantitative estimate of drug-likeness (QED) is 0.263. The summed E-state index contributed by atoms with van der Waals surface area (Å²) in [5, 5.41) is 23.7. The second-order valence-corrected chi connectivity index (χ2v) is 9.45. The number of para-hydroxylation sites is 1. The average Bonchev–Trinajstić information content (AvgIpc) is 3.42. The van der Waals surface area contributed by atoms with E-state index in [1.807, 2.05) is 0 Å². The summed E-state index contributed by atoms with van der Waals surface area (Å²) < 4.78 is 42.1. The van der Waals surface area contributed by atoms with Gasteiger partial charge in [-0.15, -0.1) is 13.2 Å². The molecule has 0 bridgehead atoms. The van der Waals surface area contributed by atoms with Crippen LogP contribution in [0.25, 0.3) is 0 Å². The lowest BCUT2D eigenvalue weighted by Crippen LogP contribution is -2.46. The third kappa shape index (κ3) is 7.66. The van der Waals surface area contributed by atoms with Crippen molar-refractivity contribution in [2.75, 3.05) is 23.7 Å². The predicted octanol–water partition coefficient (Wildman–Crippen LogP) is 3.73. The Morgan fingerprint density at radius 2 is 1.92 bits per heavy atom. The maximum atomic E-state index is 12.7. The van der Waals surface area contributed by atoms with Crippen molar-refractivity contribution in [3.63, 3.8) is 0 Å². The molecular weight excluding hydrogens is 507 g/mol. The van der Waals surface area contributed by atoms with Crippen molar-refractivity contribution >= 4 is 23.4 Å². The van der Waals surface area contributed by atoms with Gasteiger partial charge in [-0.2, -0.15) is 4.98 Å². The highest BCUT2D eigenvalue weighted by atomic mass is 19.4. The van der Waals surface area contributed by atoms with Gasteiger partial charge in [-0.05, 0) is 57.1 Å².